The summed E-state index contributed by atoms with van der Waals surface area (Å²) >= 11 is 7.11. The topological polar surface area (TPSA) is 165 Å². The summed E-state index contributed by atoms with van der Waals surface area (Å²) < 4.78 is 66.8. The van der Waals surface area contributed by atoms with E-state index in [4.69, 9.17) is 16.1 Å². The molecule has 11 nitrogen and oxygen atoms in total. The summed E-state index contributed by atoms with van der Waals surface area (Å²) in [7, 11) is -7.99. The third-order valence-corrected chi connectivity index (χ3v) is 14.1. The fraction of sp³-hybridized carbons (Fsp3) is 0.412. The van der Waals surface area contributed by atoms with E-state index in [1.165, 1.54) is 82.4 Å². The van der Waals surface area contributed by atoms with Crippen molar-refractivity contribution in [2.45, 2.75) is 98.8 Å². The van der Waals surface area contributed by atoms with Crippen molar-refractivity contribution in [3.05, 3.63) is 81.8 Å². The summed E-state index contributed by atoms with van der Waals surface area (Å²) in [5.74, 6) is -0.875. The highest BCUT2D eigenvalue weighted by molar-refractivity contribution is 7.94. The third-order valence-electron chi connectivity index (χ3n) is 8.24. The molecule has 0 radical (unpaired) electrons. The molecular formula is C34H40ClFN4O7S3. The quantitative estimate of drug-likeness (QED) is 0.176. The van der Waals surface area contributed by atoms with E-state index >= 15 is 0 Å². The Kier molecular flexibility index (Phi) is 11.1. The van der Waals surface area contributed by atoms with Crippen LogP contribution < -0.4 is 10.6 Å². The van der Waals surface area contributed by atoms with Crippen molar-refractivity contribution in [3.8, 4) is 0 Å². The van der Waals surface area contributed by atoms with Gasteiger partial charge in [-0.2, -0.15) is 0 Å². The zero-order valence-electron chi connectivity index (χ0n) is 28.9. The van der Waals surface area contributed by atoms with Crippen LogP contribution in [0.15, 0.2) is 68.2 Å². The number of thiazole rings is 1. The minimum atomic E-state index is -4.13. The van der Waals surface area contributed by atoms with Gasteiger partial charge in [0.25, 0.3) is 0 Å². The first-order chi connectivity index (χ1) is 23.0. The van der Waals surface area contributed by atoms with Crippen LogP contribution in [0.25, 0.3) is 0 Å². The van der Waals surface area contributed by atoms with Crippen molar-refractivity contribution in [2.75, 3.05) is 10.6 Å². The number of benzene rings is 2. The number of rotatable bonds is 9. The fourth-order valence-electron chi connectivity index (χ4n) is 4.30. The molecule has 2 N–H and O–H groups in total. The van der Waals surface area contributed by atoms with Crippen LogP contribution in [0.1, 0.15) is 84.2 Å². The standard InChI is InChI=1S/C18H23FN2O4S.C16H17ClN2O3S2/c1-11-7-8-12(9-13(11)19)26(23,24)18(5,6)16(22)20-15-10-14(25-21-15)17(2,3)4;1-16(2,24(21,22)12-7-5-11(17)6-8-12)14(20)19-15-18-13(9-23-15)10-3-4-10/h7-10H,1-6H3,(H,20,21,22);5-10H,3-4H2,1-2H3,(H,18,19,20). The molecule has 1 fully saturated rings. The molecule has 50 heavy (non-hydrogen) atoms. The fourth-order valence-corrected chi connectivity index (χ4v) is 7.98. The van der Waals surface area contributed by atoms with Crippen molar-refractivity contribution in [1.29, 1.82) is 0 Å². The highest BCUT2D eigenvalue weighted by Gasteiger charge is 2.44. The maximum atomic E-state index is 13.8. The van der Waals surface area contributed by atoms with E-state index < -0.39 is 46.8 Å². The molecule has 2 aromatic carbocycles. The molecule has 0 bridgehead atoms. The van der Waals surface area contributed by atoms with E-state index in [9.17, 15) is 30.8 Å². The first-order valence-corrected chi connectivity index (χ1v) is 19.8. The van der Waals surface area contributed by atoms with Crippen molar-refractivity contribution in [3.63, 3.8) is 0 Å². The van der Waals surface area contributed by atoms with E-state index in [1.54, 1.807) is 6.07 Å². The van der Waals surface area contributed by atoms with Gasteiger partial charge in [-0.3, -0.25) is 9.59 Å². The summed E-state index contributed by atoms with van der Waals surface area (Å²) in [5.41, 5.74) is 0.981. The first-order valence-electron chi connectivity index (χ1n) is 15.5. The van der Waals surface area contributed by atoms with Crippen LogP contribution in [-0.2, 0) is 34.7 Å². The molecule has 1 saturated carbocycles. The molecule has 270 valence electrons. The van der Waals surface area contributed by atoms with Gasteiger partial charge < -0.3 is 15.2 Å². The SMILES string of the molecule is CC(C)(C(=O)Nc1nc(C2CC2)cs1)S(=O)(=O)c1ccc(Cl)cc1.Cc1ccc(S(=O)(=O)C(C)(C)C(=O)Nc2cc(C(C)(C)C)on2)cc1F. The molecule has 2 heterocycles. The summed E-state index contributed by atoms with van der Waals surface area (Å²) in [4.78, 5) is 29.3. The number of aromatic nitrogens is 2. The molecule has 16 heteroatoms. The van der Waals surface area contributed by atoms with E-state index in [0.29, 0.717) is 27.4 Å². The first kappa shape index (κ1) is 39.1. The summed E-state index contributed by atoms with van der Waals surface area (Å²) in [6.45, 7) is 12.6. The number of carbonyl (C=O) groups excluding carboxylic acids is 2. The number of aryl methyl sites for hydroxylation is 1. The minimum Gasteiger partial charge on any atom is -0.359 e. The van der Waals surface area contributed by atoms with Gasteiger partial charge in [-0.05, 0) is 89.4 Å². The highest BCUT2D eigenvalue weighted by atomic mass is 35.5. The van der Waals surface area contributed by atoms with E-state index in [1.807, 2.05) is 26.2 Å². The van der Waals surface area contributed by atoms with Crippen molar-refractivity contribution >= 4 is 65.4 Å². The lowest BCUT2D eigenvalue weighted by Crippen LogP contribution is -2.44. The minimum absolute atomic E-state index is 0.0601. The predicted molar refractivity (Wildman–Crippen MR) is 192 cm³/mol. The Morgan fingerprint density at radius 1 is 0.860 bits per heavy atom. The Morgan fingerprint density at radius 3 is 1.92 bits per heavy atom. The molecule has 2 aromatic heterocycles. The number of nitrogens with one attached hydrogen (secondary N) is 2. The van der Waals surface area contributed by atoms with Crippen LogP contribution in [0, 0.1) is 12.7 Å². The molecule has 0 spiro atoms. The van der Waals surface area contributed by atoms with E-state index in [2.05, 4.69) is 20.8 Å². The molecule has 2 amide bonds. The highest BCUT2D eigenvalue weighted by Crippen LogP contribution is 2.41. The normalized spacial score (nSPS) is 14.0. The van der Waals surface area contributed by atoms with Gasteiger partial charge in [0.05, 0.1) is 15.5 Å². The zero-order chi connectivity index (χ0) is 37.4. The molecule has 0 saturated heterocycles. The van der Waals surface area contributed by atoms with Gasteiger partial charge in [0.2, 0.25) is 11.8 Å². The van der Waals surface area contributed by atoms with Crippen LogP contribution in [0.5, 0.6) is 0 Å². The Labute approximate surface area is 300 Å². The molecule has 0 unspecified atom stereocenters. The van der Waals surface area contributed by atoms with Gasteiger partial charge in [-0.15, -0.1) is 11.3 Å². The summed E-state index contributed by atoms with van der Waals surface area (Å²) in [5, 5.41) is 11.6. The second-order valence-electron chi connectivity index (χ2n) is 14.0. The Bertz CT molecular complexity index is 2120. The van der Waals surface area contributed by atoms with Gasteiger partial charge in [-0.1, -0.05) is 43.6 Å². The van der Waals surface area contributed by atoms with E-state index in [-0.39, 0.29) is 21.0 Å². The Hall–Kier alpha value is -3.66. The van der Waals surface area contributed by atoms with Crippen molar-refractivity contribution < 1.29 is 35.3 Å². The van der Waals surface area contributed by atoms with Gasteiger partial charge in [0, 0.05) is 27.8 Å². The van der Waals surface area contributed by atoms with Gasteiger partial charge >= 0.3 is 0 Å². The second kappa shape index (κ2) is 14.2. The monoisotopic (exact) mass is 766 g/mol. The number of amides is 2. The smallest absolute Gasteiger partial charge is 0.247 e. The summed E-state index contributed by atoms with van der Waals surface area (Å²) in [6, 6.07) is 10.9. The van der Waals surface area contributed by atoms with E-state index in [0.717, 1.165) is 24.6 Å². The molecule has 1 aliphatic carbocycles. The van der Waals surface area contributed by atoms with Crippen LogP contribution in [0.3, 0.4) is 0 Å². The average molecular weight is 767 g/mol. The lowest BCUT2D eigenvalue weighted by atomic mass is 9.93. The van der Waals surface area contributed by atoms with Crippen LogP contribution >= 0.6 is 22.9 Å². The lowest BCUT2D eigenvalue weighted by Gasteiger charge is -2.23. The van der Waals surface area contributed by atoms with Gasteiger partial charge in [0.1, 0.15) is 21.1 Å². The number of hydrogen-bond acceptors (Lipinski definition) is 10. The van der Waals surface area contributed by atoms with Crippen molar-refractivity contribution in [2.24, 2.45) is 0 Å². The van der Waals surface area contributed by atoms with Gasteiger partial charge in [-0.25, -0.2) is 26.2 Å². The van der Waals surface area contributed by atoms with Gasteiger partial charge in [0.15, 0.2) is 30.6 Å². The van der Waals surface area contributed by atoms with Crippen LogP contribution in [0.2, 0.25) is 5.02 Å². The molecule has 5 rings (SSSR count). The van der Waals surface area contributed by atoms with Crippen LogP contribution in [0.4, 0.5) is 15.3 Å². The number of nitrogens with zero attached hydrogens (tertiary/aromatic N) is 2. The third kappa shape index (κ3) is 8.27. The largest absolute Gasteiger partial charge is 0.359 e. The number of hydrogen-bond donors (Lipinski definition) is 2. The average Bonchev–Trinajstić information content (AvgIpc) is 3.58. The second-order valence-corrected chi connectivity index (χ2v) is 20.3. The lowest BCUT2D eigenvalue weighted by molar-refractivity contribution is -0.118. The molecular weight excluding hydrogens is 727 g/mol. The number of halogens is 2. The molecule has 0 aliphatic heterocycles. The van der Waals surface area contributed by atoms with Crippen LogP contribution in [-0.4, -0.2) is 48.3 Å². The number of sulfone groups is 2. The Balaban J connectivity index is 0.000000225. The molecule has 0 atom stereocenters. The van der Waals surface area contributed by atoms with Crippen molar-refractivity contribution in [1.82, 2.24) is 10.1 Å². The maximum absolute atomic E-state index is 13.8. The summed E-state index contributed by atoms with van der Waals surface area (Å²) in [6.07, 6.45) is 2.24. The molecule has 1 aliphatic rings. The predicted octanol–water partition coefficient (Wildman–Crippen LogP) is 7.48. The zero-order valence-corrected chi connectivity index (χ0v) is 32.1. The maximum Gasteiger partial charge on any atom is 0.247 e. The number of carbonyl (C=O) groups is 2. The molecule has 4 aromatic rings. The number of anilines is 2. The Morgan fingerprint density at radius 2 is 1.40 bits per heavy atom.